The van der Waals surface area contributed by atoms with E-state index in [-0.39, 0.29) is 0 Å². The third-order valence-electron chi connectivity index (χ3n) is 3.07. The van der Waals surface area contributed by atoms with Crippen LogP contribution in [0.25, 0.3) is 0 Å². The normalized spacial score (nSPS) is 20.9. The van der Waals surface area contributed by atoms with Crippen molar-refractivity contribution in [1.82, 2.24) is 10.2 Å². The first-order valence-electron chi connectivity index (χ1n) is 6.07. The van der Waals surface area contributed by atoms with Crippen LogP contribution in [0.4, 0.5) is 0 Å². The summed E-state index contributed by atoms with van der Waals surface area (Å²) in [5.41, 5.74) is 5.44. The number of carbonyl (C=O) groups is 1. The van der Waals surface area contributed by atoms with Crippen LogP contribution in [-0.4, -0.2) is 54.2 Å². The zero-order valence-electron chi connectivity index (χ0n) is 9.98. The summed E-state index contributed by atoms with van der Waals surface area (Å²) in [4.78, 5) is 13.0. The molecule has 0 spiro atoms. The van der Waals surface area contributed by atoms with E-state index in [0.29, 0.717) is 12.6 Å². The van der Waals surface area contributed by atoms with Gasteiger partial charge < -0.3 is 21.1 Å². The molecular weight excluding hydrogens is 206 g/mol. The predicted molar refractivity (Wildman–Crippen MR) is 63.4 cm³/mol. The van der Waals surface area contributed by atoms with Gasteiger partial charge in [0.25, 0.3) is 0 Å². The maximum absolute atomic E-state index is 10.5. The monoisotopic (exact) mass is 229 g/mol. The van der Waals surface area contributed by atoms with E-state index < -0.39 is 12.0 Å². The molecule has 1 heterocycles. The Morgan fingerprint density at radius 2 is 2.19 bits per heavy atom. The molecule has 1 aliphatic rings. The fraction of sp³-hybridized carbons (Fsp3) is 0.909. The van der Waals surface area contributed by atoms with Crippen molar-refractivity contribution in [2.75, 3.05) is 26.2 Å². The van der Waals surface area contributed by atoms with Crippen LogP contribution in [0.1, 0.15) is 26.2 Å². The van der Waals surface area contributed by atoms with Crippen molar-refractivity contribution in [2.24, 2.45) is 5.73 Å². The number of rotatable bonds is 6. The number of hydrogen-bond donors (Lipinski definition) is 3. The summed E-state index contributed by atoms with van der Waals surface area (Å²) in [5, 5.41) is 11.9. The third kappa shape index (κ3) is 4.47. The smallest absolute Gasteiger partial charge is 0.321 e. The van der Waals surface area contributed by atoms with Crippen LogP contribution in [0, 0.1) is 0 Å². The number of piperidine rings is 1. The summed E-state index contributed by atoms with van der Waals surface area (Å²) in [5.74, 6) is -0.934. The van der Waals surface area contributed by atoms with E-state index in [1.165, 1.54) is 13.0 Å². The van der Waals surface area contributed by atoms with Crippen molar-refractivity contribution >= 4 is 5.97 Å². The van der Waals surface area contributed by atoms with Crippen molar-refractivity contribution in [3.63, 3.8) is 0 Å². The number of nitrogens with two attached hydrogens (primary N) is 1. The van der Waals surface area contributed by atoms with Gasteiger partial charge >= 0.3 is 5.97 Å². The molecule has 1 rings (SSSR count). The molecule has 4 N–H and O–H groups in total. The van der Waals surface area contributed by atoms with Crippen molar-refractivity contribution in [1.29, 1.82) is 0 Å². The highest BCUT2D eigenvalue weighted by atomic mass is 16.4. The highest BCUT2D eigenvalue weighted by Gasteiger charge is 2.19. The Labute approximate surface area is 97.0 Å². The minimum absolute atomic E-state index is 0.369. The largest absolute Gasteiger partial charge is 0.480 e. The van der Waals surface area contributed by atoms with Crippen molar-refractivity contribution in [3.8, 4) is 0 Å². The Bertz CT molecular complexity index is 215. The number of nitrogens with one attached hydrogen (secondary N) is 1. The fourth-order valence-corrected chi connectivity index (χ4v) is 2.06. The first kappa shape index (κ1) is 13.4. The Morgan fingerprint density at radius 1 is 1.56 bits per heavy atom. The lowest BCUT2D eigenvalue weighted by molar-refractivity contribution is -0.138. The summed E-state index contributed by atoms with van der Waals surface area (Å²) >= 11 is 0. The second kappa shape index (κ2) is 6.83. The quantitative estimate of drug-likeness (QED) is 0.591. The average molecular weight is 229 g/mol. The van der Waals surface area contributed by atoms with Crippen LogP contribution >= 0.6 is 0 Å². The van der Waals surface area contributed by atoms with Gasteiger partial charge in [0, 0.05) is 12.6 Å². The number of carboxylic acid groups (broad SMARTS) is 1. The minimum atomic E-state index is -0.934. The SMILES string of the molecule is CCCN1CCC(NCC(N)C(=O)O)CC1. The van der Waals surface area contributed by atoms with Gasteiger partial charge in [-0.05, 0) is 38.9 Å². The molecule has 0 bridgehead atoms. The van der Waals surface area contributed by atoms with Gasteiger partial charge in [0.2, 0.25) is 0 Å². The van der Waals surface area contributed by atoms with E-state index in [0.717, 1.165) is 25.9 Å². The van der Waals surface area contributed by atoms with Crippen LogP contribution in [0.2, 0.25) is 0 Å². The first-order chi connectivity index (χ1) is 7.63. The molecule has 5 nitrogen and oxygen atoms in total. The van der Waals surface area contributed by atoms with Gasteiger partial charge in [-0.25, -0.2) is 0 Å². The molecule has 0 aromatic carbocycles. The zero-order chi connectivity index (χ0) is 12.0. The Morgan fingerprint density at radius 3 is 2.69 bits per heavy atom. The molecule has 0 amide bonds. The van der Waals surface area contributed by atoms with Crippen LogP contribution in [0.3, 0.4) is 0 Å². The second-order valence-electron chi connectivity index (χ2n) is 4.47. The standard InChI is InChI=1S/C11H23N3O2/c1-2-5-14-6-3-9(4-7-14)13-8-10(12)11(15)16/h9-10,13H,2-8,12H2,1H3,(H,15,16). The lowest BCUT2D eigenvalue weighted by Gasteiger charge is -2.32. The molecular formula is C11H23N3O2. The predicted octanol–water partition coefficient (Wildman–Crippen LogP) is -0.138. The van der Waals surface area contributed by atoms with Gasteiger partial charge in [-0.2, -0.15) is 0 Å². The molecule has 0 aromatic rings. The number of hydrogen-bond acceptors (Lipinski definition) is 4. The van der Waals surface area contributed by atoms with E-state index in [1.807, 2.05) is 0 Å². The van der Waals surface area contributed by atoms with Crippen LogP contribution in [0.5, 0.6) is 0 Å². The van der Waals surface area contributed by atoms with Gasteiger partial charge in [0.1, 0.15) is 6.04 Å². The molecule has 5 heteroatoms. The van der Waals surface area contributed by atoms with Gasteiger partial charge in [-0.15, -0.1) is 0 Å². The van der Waals surface area contributed by atoms with Gasteiger partial charge in [0.15, 0.2) is 0 Å². The third-order valence-corrected chi connectivity index (χ3v) is 3.07. The maximum Gasteiger partial charge on any atom is 0.321 e. The second-order valence-corrected chi connectivity index (χ2v) is 4.47. The van der Waals surface area contributed by atoms with Gasteiger partial charge in [-0.1, -0.05) is 6.92 Å². The molecule has 1 aliphatic heterocycles. The fourth-order valence-electron chi connectivity index (χ4n) is 2.06. The van der Waals surface area contributed by atoms with E-state index >= 15 is 0 Å². The number of likely N-dealkylation sites (tertiary alicyclic amines) is 1. The van der Waals surface area contributed by atoms with Crippen molar-refractivity contribution in [3.05, 3.63) is 0 Å². The molecule has 0 aromatic heterocycles. The summed E-state index contributed by atoms with van der Waals surface area (Å²) < 4.78 is 0. The molecule has 1 fully saturated rings. The molecule has 16 heavy (non-hydrogen) atoms. The van der Waals surface area contributed by atoms with Crippen LogP contribution in [0.15, 0.2) is 0 Å². The summed E-state index contributed by atoms with van der Waals surface area (Å²) in [6, 6.07) is -0.354. The molecule has 94 valence electrons. The molecule has 1 saturated heterocycles. The van der Waals surface area contributed by atoms with Crippen LogP contribution in [-0.2, 0) is 4.79 Å². The van der Waals surface area contributed by atoms with Gasteiger partial charge in [0.05, 0.1) is 0 Å². The van der Waals surface area contributed by atoms with Crippen LogP contribution < -0.4 is 11.1 Å². The molecule has 1 unspecified atom stereocenters. The highest BCUT2D eigenvalue weighted by Crippen LogP contribution is 2.10. The molecule has 0 saturated carbocycles. The molecule has 0 radical (unpaired) electrons. The molecule has 0 aliphatic carbocycles. The Kier molecular flexibility index (Phi) is 5.73. The number of nitrogens with zero attached hydrogens (tertiary/aromatic N) is 1. The van der Waals surface area contributed by atoms with E-state index in [2.05, 4.69) is 17.1 Å². The Hall–Kier alpha value is -0.650. The van der Waals surface area contributed by atoms with E-state index in [1.54, 1.807) is 0 Å². The number of carboxylic acids is 1. The average Bonchev–Trinajstić information content (AvgIpc) is 2.28. The zero-order valence-corrected chi connectivity index (χ0v) is 9.98. The first-order valence-corrected chi connectivity index (χ1v) is 6.07. The Balaban J connectivity index is 2.14. The van der Waals surface area contributed by atoms with E-state index in [4.69, 9.17) is 10.8 Å². The lowest BCUT2D eigenvalue weighted by Crippen LogP contribution is -2.48. The maximum atomic E-state index is 10.5. The van der Waals surface area contributed by atoms with E-state index in [9.17, 15) is 4.79 Å². The highest BCUT2D eigenvalue weighted by molar-refractivity contribution is 5.73. The number of aliphatic carboxylic acids is 1. The summed E-state index contributed by atoms with van der Waals surface area (Å²) in [7, 11) is 0. The topological polar surface area (TPSA) is 78.6 Å². The minimum Gasteiger partial charge on any atom is -0.480 e. The molecule has 1 atom stereocenters. The van der Waals surface area contributed by atoms with Crippen molar-refractivity contribution < 1.29 is 9.90 Å². The van der Waals surface area contributed by atoms with Crippen molar-refractivity contribution in [2.45, 2.75) is 38.3 Å². The van der Waals surface area contributed by atoms with Gasteiger partial charge in [-0.3, -0.25) is 4.79 Å². The summed E-state index contributed by atoms with van der Waals surface area (Å²) in [6.07, 6.45) is 3.38. The lowest BCUT2D eigenvalue weighted by atomic mass is 10.0. The summed E-state index contributed by atoms with van der Waals surface area (Å²) in [6.45, 7) is 5.94.